The van der Waals surface area contributed by atoms with Crippen LogP contribution in [0.2, 0.25) is 0 Å². The lowest BCUT2D eigenvalue weighted by molar-refractivity contribution is 0.866. The van der Waals surface area contributed by atoms with Gasteiger partial charge in [0.1, 0.15) is 5.82 Å². The third kappa shape index (κ3) is 2.57. The van der Waals surface area contributed by atoms with Gasteiger partial charge in [0.15, 0.2) is 0 Å². The van der Waals surface area contributed by atoms with Crippen LogP contribution in [0, 0.1) is 0 Å². The Balaban J connectivity index is 1.83. The van der Waals surface area contributed by atoms with Crippen LogP contribution in [-0.2, 0) is 0 Å². The second-order valence-electron chi connectivity index (χ2n) is 5.37. The maximum atomic E-state index is 4.76. The lowest BCUT2D eigenvalue weighted by atomic mass is 10.3. The molecule has 18 heavy (non-hydrogen) atoms. The van der Waals surface area contributed by atoms with Crippen molar-refractivity contribution in [1.82, 2.24) is 9.97 Å². The number of anilines is 2. The zero-order valence-electron chi connectivity index (χ0n) is 11.2. The fraction of sp³-hybridized carbons (Fsp3) is 0.714. The molecule has 0 radical (unpaired) electrons. The van der Waals surface area contributed by atoms with Gasteiger partial charge in [-0.3, -0.25) is 0 Å². The van der Waals surface area contributed by atoms with Gasteiger partial charge in [-0.25, -0.2) is 4.98 Å². The van der Waals surface area contributed by atoms with Crippen LogP contribution in [0.4, 0.5) is 11.8 Å². The number of rotatable bonds is 5. The lowest BCUT2D eigenvalue weighted by Crippen LogP contribution is -2.21. The van der Waals surface area contributed by atoms with Crippen LogP contribution < -0.4 is 10.2 Å². The third-order valence-corrected chi connectivity index (χ3v) is 3.67. The standard InChI is InChI=1S/C14H22N4/c1-2-7-15-13-10-12(11-5-6-11)16-14(17-13)18-8-3-4-9-18/h10-11H,2-9H2,1H3,(H,15,16,17). The summed E-state index contributed by atoms with van der Waals surface area (Å²) in [5.74, 6) is 2.64. The number of nitrogens with one attached hydrogen (secondary N) is 1. The van der Waals surface area contributed by atoms with E-state index in [4.69, 9.17) is 4.98 Å². The summed E-state index contributed by atoms with van der Waals surface area (Å²) >= 11 is 0. The Bertz CT molecular complexity index is 408. The molecule has 1 aliphatic carbocycles. The van der Waals surface area contributed by atoms with Crippen LogP contribution in [0.15, 0.2) is 6.07 Å². The van der Waals surface area contributed by atoms with Crippen molar-refractivity contribution in [1.29, 1.82) is 0 Å². The molecule has 1 N–H and O–H groups in total. The maximum Gasteiger partial charge on any atom is 0.227 e. The number of nitrogens with zero attached hydrogens (tertiary/aromatic N) is 3. The van der Waals surface area contributed by atoms with Crippen LogP contribution in [0.5, 0.6) is 0 Å². The van der Waals surface area contributed by atoms with E-state index in [1.807, 2.05) is 0 Å². The number of hydrogen-bond donors (Lipinski definition) is 1. The first kappa shape index (κ1) is 11.8. The summed E-state index contributed by atoms with van der Waals surface area (Å²) in [4.78, 5) is 11.7. The van der Waals surface area contributed by atoms with Gasteiger partial charge in [0, 0.05) is 31.6 Å². The smallest absolute Gasteiger partial charge is 0.227 e. The number of aromatic nitrogens is 2. The van der Waals surface area contributed by atoms with Crippen LogP contribution in [0.3, 0.4) is 0 Å². The Hall–Kier alpha value is -1.32. The van der Waals surface area contributed by atoms with Crippen molar-refractivity contribution in [2.75, 3.05) is 29.9 Å². The molecule has 1 aliphatic heterocycles. The van der Waals surface area contributed by atoms with E-state index in [1.165, 1.54) is 31.4 Å². The molecule has 0 bridgehead atoms. The van der Waals surface area contributed by atoms with Gasteiger partial charge in [-0.15, -0.1) is 0 Å². The van der Waals surface area contributed by atoms with E-state index in [9.17, 15) is 0 Å². The highest BCUT2D eigenvalue weighted by Crippen LogP contribution is 2.40. The molecule has 0 unspecified atom stereocenters. The fourth-order valence-corrected chi connectivity index (χ4v) is 2.44. The molecule has 1 aromatic rings. The molecule has 1 saturated carbocycles. The predicted octanol–water partition coefficient (Wildman–Crippen LogP) is 2.78. The summed E-state index contributed by atoms with van der Waals surface area (Å²) in [6.45, 7) is 5.39. The Morgan fingerprint density at radius 3 is 2.72 bits per heavy atom. The maximum absolute atomic E-state index is 4.76. The first-order valence-corrected chi connectivity index (χ1v) is 7.24. The molecule has 0 spiro atoms. The summed E-state index contributed by atoms with van der Waals surface area (Å²) in [6.07, 6.45) is 6.26. The molecule has 1 aromatic heterocycles. The van der Waals surface area contributed by atoms with E-state index in [0.29, 0.717) is 5.92 Å². The summed E-state index contributed by atoms with van der Waals surface area (Å²) in [6, 6.07) is 2.15. The molecular formula is C14H22N4. The molecule has 0 aromatic carbocycles. The molecule has 4 heteroatoms. The highest BCUT2D eigenvalue weighted by Gasteiger charge is 2.27. The first-order valence-electron chi connectivity index (χ1n) is 7.24. The quantitative estimate of drug-likeness (QED) is 0.867. The van der Waals surface area contributed by atoms with Gasteiger partial charge < -0.3 is 10.2 Å². The van der Waals surface area contributed by atoms with Crippen molar-refractivity contribution >= 4 is 11.8 Å². The first-order chi connectivity index (χ1) is 8.86. The predicted molar refractivity (Wildman–Crippen MR) is 74.2 cm³/mol. The molecular weight excluding hydrogens is 224 g/mol. The largest absolute Gasteiger partial charge is 0.370 e. The van der Waals surface area contributed by atoms with E-state index in [1.54, 1.807) is 0 Å². The third-order valence-electron chi connectivity index (χ3n) is 3.67. The van der Waals surface area contributed by atoms with E-state index in [-0.39, 0.29) is 0 Å². The average molecular weight is 246 g/mol. The molecule has 2 fully saturated rings. The molecule has 1 saturated heterocycles. The molecule has 4 nitrogen and oxygen atoms in total. The zero-order valence-corrected chi connectivity index (χ0v) is 11.2. The minimum Gasteiger partial charge on any atom is -0.370 e. The minimum atomic E-state index is 0.691. The Labute approximate surface area is 109 Å². The molecule has 0 amide bonds. The van der Waals surface area contributed by atoms with E-state index in [0.717, 1.165) is 37.8 Å². The van der Waals surface area contributed by atoms with Crippen molar-refractivity contribution in [3.05, 3.63) is 11.8 Å². The minimum absolute atomic E-state index is 0.691. The van der Waals surface area contributed by atoms with Crippen LogP contribution in [0.25, 0.3) is 0 Å². The molecule has 0 atom stereocenters. The van der Waals surface area contributed by atoms with E-state index >= 15 is 0 Å². The van der Waals surface area contributed by atoms with Gasteiger partial charge in [0.25, 0.3) is 0 Å². The molecule has 3 rings (SSSR count). The van der Waals surface area contributed by atoms with Crippen molar-refractivity contribution in [2.24, 2.45) is 0 Å². The summed E-state index contributed by atoms with van der Waals surface area (Å²) in [7, 11) is 0. The fourth-order valence-electron chi connectivity index (χ4n) is 2.44. The summed E-state index contributed by atoms with van der Waals surface area (Å²) in [5.41, 5.74) is 1.24. The second-order valence-corrected chi connectivity index (χ2v) is 5.37. The summed E-state index contributed by atoms with van der Waals surface area (Å²) in [5, 5.41) is 3.40. The van der Waals surface area contributed by atoms with Gasteiger partial charge in [0.2, 0.25) is 5.95 Å². The van der Waals surface area contributed by atoms with Gasteiger partial charge in [-0.2, -0.15) is 4.98 Å². The number of hydrogen-bond acceptors (Lipinski definition) is 4. The normalized spacial score (nSPS) is 19.3. The Morgan fingerprint density at radius 2 is 2.06 bits per heavy atom. The van der Waals surface area contributed by atoms with Crippen LogP contribution in [-0.4, -0.2) is 29.6 Å². The Morgan fingerprint density at radius 1 is 1.28 bits per heavy atom. The van der Waals surface area contributed by atoms with E-state index < -0.39 is 0 Å². The molecule has 2 heterocycles. The van der Waals surface area contributed by atoms with Gasteiger partial charge in [-0.1, -0.05) is 6.92 Å². The summed E-state index contributed by atoms with van der Waals surface area (Å²) < 4.78 is 0. The molecule has 98 valence electrons. The van der Waals surface area contributed by atoms with Crippen molar-refractivity contribution < 1.29 is 0 Å². The van der Waals surface area contributed by atoms with Crippen LogP contribution in [0.1, 0.15) is 50.6 Å². The highest BCUT2D eigenvalue weighted by molar-refractivity contribution is 5.45. The van der Waals surface area contributed by atoms with Gasteiger partial charge >= 0.3 is 0 Å². The van der Waals surface area contributed by atoms with Crippen molar-refractivity contribution in [3.8, 4) is 0 Å². The van der Waals surface area contributed by atoms with Crippen molar-refractivity contribution in [3.63, 3.8) is 0 Å². The van der Waals surface area contributed by atoms with Gasteiger partial charge in [0.05, 0.1) is 5.69 Å². The topological polar surface area (TPSA) is 41.1 Å². The van der Waals surface area contributed by atoms with Crippen LogP contribution >= 0.6 is 0 Å². The van der Waals surface area contributed by atoms with E-state index in [2.05, 4.69) is 28.2 Å². The SMILES string of the molecule is CCCNc1cc(C2CC2)nc(N2CCCC2)n1. The average Bonchev–Trinajstić information content (AvgIpc) is 3.11. The Kier molecular flexibility index (Phi) is 3.35. The monoisotopic (exact) mass is 246 g/mol. The molecule has 2 aliphatic rings. The second kappa shape index (κ2) is 5.12. The highest BCUT2D eigenvalue weighted by atomic mass is 15.3. The van der Waals surface area contributed by atoms with Crippen molar-refractivity contribution in [2.45, 2.75) is 44.9 Å². The lowest BCUT2D eigenvalue weighted by Gasteiger charge is -2.17. The zero-order chi connectivity index (χ0) is 12.4. The van der Waals surface area contributed by atoms with Gasteiger partial charge in [-0.05, 0) is 32.1 Å².